The molecule has 1 aromatic heterocycles. The predicted octanol–water partition coefficient (Wildman–Crippen LogP) is 1.22. The minimum atomic E-state index is 0. The van der Waals surface area contributed by atoms with Crippen molar-refractivity contribution in [2.45, 2.75) is 0 Å². The quantitative estimate of drug-likeness (QED) is 0.571. The van der Waals surface area contributed by atoms with E-state index >= 15 is 0 Å². The molecule has 0 saturated heterocycles. The first-order valence-electron chi connectivity index (χ1n) is 2.83. The zero-order valence-electron chi connectivity index (χ0n) is 6.48. The molecule has 6 heteroatoms. The zero-order valence-corrected chi connectivity index (χ0v) is 8.11. The first-order chi connectivity index (χ1) is 4.86. The lowest BCUT2D eigenvalue weighted by atomic mass is 10.4. The van der Waals surface area contributed by atoms with Crippen molar-refractivity contribution in [3.63, 3.8) is 0 Å². The largest absolute Gasteiger partial charge is 0.495 e. The van der Waals surface area contributed by atoms with Crippen LogP contribution in [0.5, 0.6) is 5.75 Å². The van der Waals surface area contributed by atoms with Gasteiger partial charge in [0.15, 0.2) is 0 Å². The van der Waals surface area contributed by atoms with E-state index in [1.165, 1.54) is 0 Å². The minimum Gasteiger partial charge on any atom is -0.495 e. The third kappa shape index (κ3) is 3.61. The van der Waals surface area contributed by atoms with E-state index in [0.717, 1.165) is 5.75 Å². The maximum absolute atomic E-state index is 5.09. The molecule has 0 aliphatic rings. The molecule has 1 rings (SSSR count). The van der Waals surface area contributed by atoms with E-state index < -0.39 is 0 Å². The van der Waals surface area contributed by atoms with Crippen molar-refractivity contribution >= 4 is 30.6 Å². The average Bonchev–Trinajstić information content (AvgIpc) is 2.05. The van der Waals surface area contributed by atoms with E-state index in [9.17, 15) is 0 Å². The fourth-order valence-electron chi connectivity index (χ4n) is 0.586. The number of hydrogen-bond acceptors (Lipinski definition) is 4. The molecule has 1 aromatic rings. The van der Waals surface area contributed by atoms with Crippen LogP contribution in [0.4, 0.5) is 5.82 Å². The number of nitrogens with two attached hydrogens (primary N) is 1. The summed E-state index contributed by atoms with van der Waals surface area (Å²) in [5.41, 5.74) is 2.41. The van der Waals surface area contributed by atoms with E-state index in [1.807, 2.05) is 0 Å². The molecule has 0 aliphatic carbocycles. The van der Waals surface area contributed by atoms with Crippen LogP contribution in [0.3, 0.4) is 0 Å². The van der Waals surface area contributed by atoms with Crippen LogP contribution in [0.15, 0.2) is 18.3 Å². The molecular weight excluding hydrogens is 201 g/mol. The Morgan fingerprint density at radius 2 is 2.08 bits per heavy atom. The highest BCUT2D eigenvalue weighted by atomic mass is 35.5. The van der Waals surface area contributed by atoms with Gasteiger partial charge in [-0.25, -0.2) is 10.8 Å². The normalized spacial score (nSPS) is 7.50. The topological polar surface area (TPSA) is 60.2 Å². The van der Waals surface area contributed by atoms with E-state index in [4.69, 9.17) is 10.6 Å². The summed E-state index contributed by atoms with van der Waals surface area (Å²) in [7, 11) is 1.59. The Balaban J connectivity index is 0. The number of nitrogens with zero attached hydrogens (tertiary/aromatic N) is 1. The van der Waals surface area contributed by atoms with Crippen molar-refractivity contribution in [3.8, 4) is 5.75 Å². The van der Waals surface area contributed by atoms with E-state index in [2.05, 4.69) is 10.4 Å². The maximum Gasteiger partial charge on any atom is 0.140 e. The summed E-state index contributed by atoms with van der Waals surface area (Å²) in [5, 5.41) is 0. The van der Waals surface area contributed by atoms with Crippen LogP contribution in [0.2, 0.25) is 0 Å². The molecule has 1 heterocycles. The van der Waals surface area contributed by atoms with Crippen LogP contribution in [-0.4, -0.2) is 12.1 Å². The maximum atomic E-state index is 5.09. The molecule has 0 bridgehead atoms. The smallest absolute Gasteiger partial charge is 0.140 e. The third-order valence-corrected chi connectivity index (χ3v) is 1.12. The molecule has 0 saturated carbocycles. The van der Waals surface area contributed by atoms with Crippen molar-refractivity contribution in [3.05, 3.63) is 18.3 Å². The Labute approximate surface area is 83.3 Å². The summed E-state index contributed by atoms with van der Waals surface area (Å²) >= 11 is 0. The fourth-order valence-corrected chi connectivity index (χ4v) is 0.586. The molecule has 0 unspecified atom stereocenters. The third-order valence-electron chi connectivity index (χ3n) is 1.12. The number of ether oxygens (including phenoxy) is 1. The van der Waals surface area contributed by atoms with E-state index in [-0.39, 0.29) is 24.8 Å². The van der Waals surface area contributed by atoms with Crippen LogP contribution >= 0.6 is 24.8 Å². The molecule has 0 aromatic carbocycles. The molecule has 3 N–H and O–H groups in total. The number of aromatic nitrogens is 1. The second-order valence-corrected chi connectivity index (χ2v) is 1.73. The van der Waals surface area contributed by atoms with Crippen LogP contribution in [0, 0.1) is 0 Å². The molecule has 0 radical (unpaired) electrons. The number of hydrogen-bond donors (Lipinski definition) is 2. The summed E-state index contributed by atoms with van der Waals surface area (Å²) in [4.78, 5) is 3.91. The van der Waals surface area contributed by atoms with Crippen molar-refractivity contribution in [1.29, 1.82) is 0 Å². The highest BCUT2D eigenvalue weighted by Gasteiger charge is 1.90. The van der Waals surface area contributed by atoms with Crippen molar-refractivity contribution in [2.75, 3.05) is 12.5 Å². The van der Waals surface area contributed by atoms with E-state index in [1.54, 1.807) is 25.4 Å². The van der Waals surface area contributed by atoms with Gasteiger partial charge in [0.05, 0.1) is 13.3 Å². The van der Waals surface area contributed by atoms with Gasteiger partial charge in [-0.1, -0.05) is 0 Å². The molecule has 0 aliphatic heterocycles. The number of rotatable bonds is 2. The van der Waals surface area contributed by atoms with Gasteiger partial charge in [0, 0.05) is 0 Å². The van der Waals surface area contributed by atoms with Gasteiger partial charge in [-0.2, -0.15) is 0 Å². The highest BCUT2D eigenvalue weighted by molar-refractivity contribution is 5.85. The number of anilines is 1. The Morgan fingerprint density at radius 3 is 2.42 bits per heavy atom. The Kier molecular flexibility index (Phi) is 8.04. The molecule has 4 nitrogen and oxygen atoms in total. The van der Waals surface area contributed by atoms with Gasteiger partial charge in [0.1, 0.15) is 11.6 Å². The lowest BCUT2D eigenvalue weighted by molar-refractivity contribution is 0.413. The van der Waals surface area contributed by atoms with Gasteiger partial charge in [-0.05, 0) is 12.1 Å². The minimum absolute atomic E-state index is 0. The summed E-state index contributed by atoms with van der Waals surface area (Å²) < 4.78 is 4.88. The van der Waals surface area contributed by atoms with Gasteiger partial charge in [0.25, 0.3) is 0 Å². The average molecular weight is 212 g/mol. The fraction of sp³-hybridized carbons (Fsp3) is 0.167. The Morgan fingerprint density at radius 1 is 1.42 bits per heavy atom. The first-order valence-corrected chi connectivity index (χ1v) is 2.83. The van der Waals surface area contributed by atoms with Crippen molar-refractivity contribution in [1.82, 2.24) is 4.98 Å². The zero-order chi connectivity index (χ0) is 7.40. The Bertz CT molecular complexity index is 181. The molecular formula is C6H11Cl2N3O. The summed E-state index contributed by atoms with van der Waals surface area (Å²) in [5.74, 6) is 6.44. The number of nitrogens with one attached hydrogen (secondary N) is 1. The molecule has 0 spiro atoms. The lowest BCUT2D eigenvalue weighted by Crippen LogP contribution is -2.07. The predicted molar refractivity (Wildman–Crippen MR) is 53.1 cm³/mol. The molecule has 12 heavy (non-hydrogen) atoms. The van der Waals surface area contributed by atoms with Gasteiger partial charge < -0.3 is 10.2 Å². The standard InChI is InChI=1S/C6H9N3O.2ClH/c1-10-5-2-3-6(9-7)8-4-5;;/h2-4H,7H2,1H3,(H,8,9);2*1H. The van der Waals surface area contributed by atoms with Crippen LogP contribution in [0.1, 0.15) is 0 Å². The molecule has 0 fully saturated rings. The molecule has 0 amide bonds. The number of hydrazine groups is 1. The number of methoxy groups -OCH3 is 1. The SMILES string of the molecule is COc1ccc(NN)nc1.Cl.Cl. The van der Waals surface area contributed by atoms with Crippen LogP contribution in [0.25, 0.3) is 0 Å². The number of halogens is 2. The monoisotopic (exact) mass is 211 g/mol. The van der Waals surface area contributed by atoms with Crippen molar-refractivity contribution in [2.24, 2.45) is 5.84 Å². The highest BCUT2D eigenvalue weighted by Crippen LogP contribution is 2.09. The van der Waals surface area contributed by atoms with Gasteiger partial charge in [0.2, 0.25) is 0 Å². The lowest BCUT2D eigenvalue weighted by Gasteiger charge is -1.99. The molecule has 70 valence electrons. The number of nitrogen functional groups attached to an aromatic ring is 1. The van der Waals surface area contributed by atoms with Gasteiger partial charge in [-0.3, -0.25) is 0 Å². The van der Waals surface area contributed by atoms with Gasteiger partial charge in [-0.15, -0.1) is 24.8 Å². The second kappa shape index (κ2) is 6.97. The van der Waals surface area contributed by atoms with Crippen LogP contribution < -0.4 is 16.0 Å². The first kappa shape index (κ1) is 13.9. The van der Waals surface area contributed by atoms with Crippen molar-refractivity contribution < 1.29 is 4.74 Å². The number of pyridine rings is 1. The second-order valence-electron chi connectivity index (χ2n) is 1.73. The van der Waals surface area contributed by atoms with E-state index in [0.29, 0.717) is 5.82 Å². The molecule has 0 atom stereocenters. The summed E-state index contributed by atoms with van der Waals surface area (Å²) in [6.45, 7) is 0. The van der Waals surface area contributed by atoms with Crippen LogP contribution in [-0.2, 0) is 0 Å². The van der Waals surface area contributed by atoms with Gasteiger partial charge >= 0.3 is 0 Å². The summed E-state index contributed by atoms with van der Waals surface area (Å²) in [6.07, 6.45) is 1.59. The summed E-state index contributed by atoms with van der Waals surface area (Å²) in [6, 6.07) is 3.51. The Hall–Kier alpha value is -0.710.